The first-order valence-electron chi connectivity index (χ1n) is 5.41. The van der Waals surface area contributed by atoms with E-state index in [2.05, 4.69) is 25.9 Å². The van der Waals surface area contributed by atoms with Crippen LogP contribution >= 0.6 is 27.5 Å². The number of H-pyrrole nitrogens is 1. The Hall–Kier alpha value is -1.33. The van der Waals surface area contributed by atoms with Crippen molar-refractivity contribution in [3.63, 3.8) is 0 Å². The maximum Gasteiger partial charge on any atom is 0.231 e. The predicted octanol–water partition coefficient (Wildman–Crippen LogP) is 2.91. The molecule has 1 aromatic heterocycles. The fourth-order valence-corrected chi connectivity index (χ4v) is 2.62. The van der Waals surface area contributed by atoms with Gasteiger partial charge in [0.05, 0.1) is 25.0 Å². The molecule has 0 radical (unpaired) electrons. The number of benzene rings is 1. The number of carbonyl (C=O) groups is 1. The minimum atomic E-state index is 0.0715. The van der Waals surface area contributed by atoms with E-state index in [1.165, 1.54) is 0 Å². The van der Waals surface area contributed by atoms with E-state index >= 15 is 0 Å². The minimum absolute atomic E-state index is 0.0715. The van der Waals surface area contributed by atoms with Crippen LogP contribution in [-0.4, -0.2) is 15.9 Å². The molecule has 0 saturated carbocycles. The standard InChI is InChI=1S/C12H9BrClN3O/c13-12-9(15-6-16-12)5-17-10-2-1-8(14)3-7(10)4-11(17)18/h1-3,6H,4-5H2,(H,15,16). The lowest BCUT2D eigenvalue weighted by Gasteiger charge is -2.16. The maximum absolute atomic E-state index is 12.0. The molecule has 0 saturated heterocycles. The quantitative estimate of drug-likeness (QED) is 0.922. The Morgan fingerprint density at radius 1 is 1.50 bits per heavy atom. The Labute approximate surface area is 117 Å². The first-order chi connectivity index (χ1) is 8.65. The summed E-state index contributed by atoms with van der Waals surface area (Å²) in [4.78, 5) is 20.9. The molecule has 0 aliphatic carbocycles. The number of rotatable bonds is 2. The molecule has 1 aliphatic heterocycles. The van der Waals surface area contributed by atoms with Crippen molar-refractivity contribution in [2.45, 2.75) is 13.0 Å². The van der Waals surface area contributed by atoms with Crippen molar-refractivity contribution in [2.24, 2.45) is 0 Å². The van der Waals surface area contributed by atoms with Gasteiger partial charge in [-0.2, -0.15) is 0 Å². The number of aromatic nitrogens is 2. The molecule has 0 atom stereocenters. The highest BCUT2D eigenvalue weighted by Crippen LogP contribution is 2.32. The first kappa shape index (κ1) is 11.7. The van der Waals surface area contributed by atoms with Crippen LogP contribution < -0.4 is 4.90 Å². The van der Waals surface area contributed by atoms with Crippen LogP contribution in [0.2, 0.25) is 5.02 Å². The number of halogens is 2. The Bertz CT molecular complexity index is 626. The van der Waals surface area contributed by atoms with Gasteiger partial charge in [0.15, 0.2) is 0 Å². The fourth-order valence-electron chi connectivity index (χ4n) is 2.09. The average Bonchev–Trinajstić information content (AvgIpc) is 2.85. The number of fused-ring (bicyclic) bond motifs is 1. The van der Waals surface area contributed by atoms with E-state index < -0.39 is 0 Å². The SMILES string of the molecule is O=C1Cc2cc(Cl)ccc2N1Cc1nc[nH]c1Br. The minimum Gasteiger partial charge on any atom is -0.339 e. The van der Waals surface area contributed by atoms with Gasteiger partial charge in [-0.25, -0.2) is 4.98 Å². The summed E-state index contributed by atoms with van der Waals surface area (Å²) in [6, 6.07) is 5.52. The Kier molecular flexibility index (Phi) is 2.87. The number of hydrogen-bond acceptors (Lipinski definition) is 2. The fraction of sp³-hybridized carbons (Fsp3) is 0.167. The van der Waals surface area contributed by atoms with E-state index in [1.54, 1.807) is 17.3 Å². The molecular weight excluding hydrogens is 318 g/mol. The van der Waals surface area contributed by atoms with E-state index in [0.717, 1.165) is 21.5 Å². The zero-order valence-electron chi connectivity index (χ0n) is 9.28. The number of amides is 1. The van der Waals surface area contributed by atoms with Crippen molar-refractivity contribution in [2.75, 3.05) is 4.90 Å². The number of nitrogens with zero attached hydrogens (tertiary/aromatic N) is 2. The smallest absolute Gasteiger partial charge is 0.231 e. The van der Waals surface area contributed by atoms with Crippen molar-refractivity contribution >= 4 is 39.1 Å². The summed E-state index contributed by atoms with van der Waals surface area (Å²) < 4.78 is 0.803. The Morgan fingerprint density at radius 2 is 2.33 bits per heavy atom. The van der Waals surface area contributed by atoms with Gasteiger partial charge in [-0.05, 0) is 39.7 Å². The average molecular weight is 327 g/mol. The van der Waals surface area contributed by atoms with Gasteiger partial charge in [0, 0.05) is 10.7 Å². The monoisotopic (exact) mass is 325 g/mol. The van der Waals surface area contributed by atoms with Crippen LogP contribution in [0.1, 0.15) is 11.3 Å². The Balaban J connectivity index is 1.95. The molecule has 18 heavy (non-hydrogen) atoms. The molecule has 1 N–H and O–H groups in total. The first-order valence-corrected chi connectivity index (χ1v) is 6.59. The second kappa shape index (κ2) is 4.40. The topological polar surface area (TPSA) is 49.0 Å². The zero-order chi connectivity index (χ0) is 12.7. The third kappa shape index (κ3) is 1.93. The summed E-state index contributed by atoms with van der Waals surface area (Å²) in [5.41, 5.74) is 2.70. The molecule has 0 fully saturated rings. The molecule has 4 nitrogen and oxygen atoms in total. The van der Waals surface area contributed by atoms with Crippen molar-refractivity contribution in [3.05, 3.63) is 45.4 Å². The van der Waals surface area contributed by atoms with Gasteiger partial charge < -0.3 is 9.88 Å². The lowest BCUT2D eigenvalue weighted by atomic mass is 10.2. The number of anilines is 1. The lowest BCUT2D eigenvalue weighted by molar-refractivity contribution is -0.117. The molecule has 0 spiro atoms. The van der Waals surface area contributed by atoms with Gasteiger partial charge in [-0.3, -0.25) is 4.79 Å². The number of carbonyl (C=O) groups excluding carboxylic acids is 1. The molecule has 92 valence electrons. The highest BCUT2D eigenvalue weighted by Gasteiger charge is 2.28. The molecule has 1 aromatic carbocycles. The van der Waals surface area contributed by atoms with Gasteiger partial charge in [0.25, 0.3) is 0 Å². The van der Waals surface area contributed by atoms with Crippen LogP contribution in [0.4, 0.5) is 5.69 Å². The van der Waals surface area contributed by atoms with Gasteiger partial charge >= 0.3 is 0 Å². The number of hydrogen-bond donors (Lipinski definition) is 1. The van der Waals surface area contributed by atoms with Crippen LogP contribution in [0.3, 0.4) is 0 Å². The second-order valence-corrected chi connectivity index (χ2v) is 5.32. The summed E-state index contributed by atoms with van der Waals surface area (Å²) >= 11 is 9.30. The third-order valence-corrected chi connectivity index (χ3v) is 3.87. The summed E-state index contributed by atoms with van der Waals surface area (Å²) in [7, 11) is 0. The second-order valence-electron chi connectivity index (χ2n) is 4.09. The van der Waals surface area contributed by atoms with Crippen molar-refractivity contribution in [1.82, 2.24) is 9.97 Å². The van der Waals surface area contributed by atoms with Gasteiger partial charge in [0.1, 0.15) is 4.60 Å². The van der Waals surface area contributed by atoms with Crippen molar-refractivity contribution < 1.29 is 4.79 Å². The maximum atomic E-state index is 12.0. The van der Waals surface area contributed by atoms with E-state index in [9.17, 15) is 4.79 Å². The summed E-state index contributed by atoms with van der Waals surface area (Å²) in [6.45, 7) is 0.456. The zero-order valence-corrected chi connectivity index (χ0v) is 11.6. The molecule has 1 aliphatic rings. The van der Waals surface area contributed by atoms with Crippen molar-refractivity contribution in [1.29, 1.82) is 0 Å². The molecular formula is C12H9BrClN3O. The normalized spacial score (nSPS) is 14.1. The molecule has 0 bridgehead atoms. The molecule has 1 amide bonds. The number of aromatic amines is 1. The van der Waals surface area contributed by atoms with Gasteiger partial charge in [-0.15, -0.1) is 0 Å². The van der Waals surface area contributed by atoms with Crippen LogP contribution in [0.15, 0.2) is 29.1 Å². The number of imidazole rings is 1. The summed E-state index contributed by atoms with van der Waals surface area (Å²) in [6.07, 6.45) is 2.00. The van der Waals surface area contributed by atoms with E-state index in [4.69, 9.17) is 11.6 Å². The van der Waals surface area contributed by atoms with Gasteiger partial charge in [0.2, 0.25) is 5.91 Å². The summed E-state index contributed by atoms with van der Waals surface area (Å²) in [5, 5.41) is 0.657. The van der Waals surface area contributed by atoms with Crippen LogP contribution in [-0.2, 0) is 17.8 Å². The molecule has 3 rings (SSSR count). The summed E-state index contributed by atoms with van der Waals surface area (Å²) in [5.74, 6) is 0.0715. The molecule has 2 heterocycles. The number of nitrogens with one attached hydrogen (secondary N) is 1. The highest BCUT2D eigenvalue weighted by atomic mass is 79.9. The third-order valence-electron chi connectivity index (χ3n) is 2.95. The molecule has 0 unspecified atom stereocenters. The predicted molar refractivity (Wildman–Crippen MR) is 72.6 cm³/mol. The van der Waals surface area contributed by atoms with Crippen LogP contribution in [0.25, 0.3) is 0 Å². The molecule has 6 heteroatoms. The van der Waals surface area contributed by atoms with Crippen LogP contribution in [0.5, 0.6) is 0 Å². The van der Waals surface area contributed by atoms with Crippen LogP contribution in [0, 0.1) is 0 Å². The Morgan fingerprint density at radius 3 is 3.06 bits per heavy atom. The largest absolute Gasteiger partial charge is 0.339 e. The van der Waals surface area contributed by atoms with E-state index in [0.29, 0.717) is 18.0 Å². The van der Waals surface area contributed by atoms with Crippen molar-refractivity contribution in [3.8, 4) is 0 Å². The highest BCUT2D eigenvalue weighted by molar-refractivity contribution is 9.10. The van der Waals surface area contributed by atoms with Gasteiger partial charge in [-0.1, -0.05) is 11.6 Å². The molecule has 2 aromatic rings. The lowest BCUT2D eigenvalue weighted by Crippen LogP contribution is -2.26. The van der Waals surface area contributed by atoms with E-state index in [1.807, 2.05) is 12.1 Å². The van der Waals surface area contributed by atoms with E-state index in [-0.39, 0.29) is 5.91 Å².